The molecule has 0 radical (unpaired) electrons. The highest BCUT2D eigenvalue weighted by molar-refractivity contribution is 5.79. The lowest BCUT2D eigenvalue weighted by atomic mass is 9.83. The molecule has 0 aromatic heterocycles. The van der Waals surface area contributed by atoms with E-state index in [1.807, 2.05) is 19.9 Å². The third kappa shape index (κ3) is 5.71. The van der Waals surface area contributed by atoms with Crippen LogP contribution in [0.1, 0.15) is 44.7 Å². The molecular formula is C19H33N3O2. The Morgan fingerprint density at radius 1 is 1.21 bits per heavy atom. The Hall–Kier alpha value is -1.75. The number of aliphatic hydroxyl groups excluding tert-OH is 1. The second-order valence-corrected chi connectivity index (χ2v) is 6.23. The molecule has 5 nitrogen and oxygen atoms in total. The van der Waals surface area contributed by atoms with Crippen LogP contribution in [-0.4, -0.2) is 37.9 Å². The molecule has 24 heavy (non-hydrogen) atoms. The van der Waals surface area contributed by atoms with E-state index >= 15 is 0 Å². The lowest BCUT2D eigenvalue weighted by Crippen LogP contribution is -2.44. The molecule has 136 valence electrons. The molecule has 0 fully saturated rings. The van der Waals surface area contributed by atoms with Crippen LogP contribution in [0.25, 0.3) is 0 Å². The summed E-state index contributed by atoms with van der Waals surface area (Å²) in [5.74, 6) is 1.63. The molecule has 0 unspecified atom stereocenters. The van der Waals surface area contributed by atoms with Gasteiger partial charge in [0.15, 0.2) is 5.96 Å². The summed E-state index contributed by atoms with van der Waals surface area (Å²) in [6.07, 6.45) is 1.86. The van der Waals surface area contributed by atoms with Crippen molar-refractivity contribution in [3.63, 3.8) is 0 Å². The largest absolute Gasteiger partial charge is 0.496 e. The summed E-state index contributed by atoms with van der Waals surface area (Å²) in [7, 11) is 1.68. The minimum Gasteiger partial charge on any atom is -0.496 e. The molecule has 5 heteroatoms. The Morgan fingerprint density at radius 3 is 2.46 bits per heavy atom. The highest BCUT2D eigenvalue weighted by atomic mass is 16.5. The predicted octanol–water partition coefficient (Wildman–Crippen LogP) is 2.86. The van der Waals surface area contributed by atoms with Gasteiger partial charge in [0.05, 0.1) is 20.3 Å². The molecule has 3 N–H and O–H groups in total. The molecule has 0 aliphatic heterocycles. The Kier molecular flexibility index (Phi) is 8.61. The molecule has 1 rings (SSSR count). The van der Waals surface area contributed by atoms with Gasteiger partial charge >= 0.3 is 0 Å². The quantitative estimate of drug-likeness (QED) is 0.479. The van der Waals surface area contributed by atoms with Gasteiger partial charge in [0, 0.05) is 24.1 Å². The van der Waals surface area contributed by atoms with E-state index in [-0.39, 0.29) is 12.0 Å². The van der Waals surface area contributed by atoms with E-state index in [0.717, 1.165) is 36.7 Å². The van der Waals surface area contributed by atoms with Crippen molar-refractivity contribution in [3.05, 3.63) is 29.3 Å². The maximum Gasteiger partial charge on any atom is 0.191 e. The number of aliphatic imine (C=N–C) groups is 1. The number of hydrogen-bond acceptors (Lipinski definition) is 3. The van der Waals surface area contributed by atoms with Crippen molar-refractivity contribution in [2.75, 3.05) is 26.8 Å². The maximum atomic E-state index is 9.70. The van der Waals surface area contributed by atoms with E-state index < -0.39 is 0 Å². The van der Waals surface area contributed by atoms with E-state index in [0.29, 0.717) is 13.1 Å². The van der Waals surface area contributed by atoms with Crippen LogP contribution >= 0.6 is 0 Å². The maximum absolute atomic E-state index is 9.70. The van der Waals surface area contributed by atoms with E-state index in [2.05, 4.69) is 41.6 Å². The molecule has 0 amide bonds. The molecule has 0 heterocycles. The van der Waals surface area contributed by atoms with Gasteiger partial charge in [-0.3, -0.25) is 0 Å². The molecule has 0 spiro atoms. The fourth-order valence-electron chi connectivity index (χ4n) is 2.54. The van der Waals surface area contributed by atoms with Crippen molar-refractivity contribution in [2.45, 2.75) is 47.1 Å². The number of aryl methyl sites for hydroxylation is 1. The average molecular weight is 335 g/mol. The molecule has 0 bridgehead atoms. The first-order valence-electron chi connectivity index (χ1n) is 8.80. The summed E-state index contributed by atoms with van der Waals surface area (Å²) in [5, 5.41) is 16.3. The molecule has 1 aromatic carbocycles. The number of methoxy groups -OCH3 is 1. The molecule has 0 atom stereocenters. The van der Waals surface area contributed by atoms with Crippen molar-refractivity contribution >= 4 is 5.96 Å². The summed E-state index contributed by atoms with van der Waals surface area (Å²) in [6, 6.07) is 6.15. The SMILES string of the molecule is CCNC(=NCc1ccc(C)cc1OC)NCC(CC)(CC)CO. The van der Waals surface area contributed by atoms with E-state index in [1.54, 1.807) is 7.11 Å². The average Bonchev–Trinajstić information content (AvgIpc) is 2.61. The first-order chi connectivity index (χ1) is 11.5. The summed E-state index contributed by atoms with van der Waals surface area (Å²) in [4.78, 5) is 4.66. The Balaban J connectivity index is 2.82. The molecule has 0 saturated heterocycles. The molecule has 0 aliphatic rings. The standard InChI is InChI=1S/C19H33N3O2/c1-6-19(7-2,14-23)13-22-18(20-8-3)21-12-16-10-9-15(4)11-17(16)24-5/h9-11,23H,6-8,12-14H2,1-5H3,(H2,20,21,22). The number of ether oxygens (including phenoxy) is 1. The van der Waals surface area contributed by atoms with Crippen LogP contribution in [0.15, 0.2) is 23.2 Å². The summed E-state index contributed by atoms with van der Waals surface area (Å²) in [6.45, 7) is 10.5. The Bertz CT molecular complexity index is 517. The number of benzene rings is 1. The van der Waals surface area contributed by atoms with Crippen molar-refractivity contribution in [1.29, 1.82) is 0 Å². The van der Waals surface area contributed by atoms with Crippen LogP contribution in [0.4, 0.5) is 0 Å². The third-order valence-electron chi connectivity index (χ3n) is 4.66. The van der Waals surface area contributed by atoms with Gasteiger partial charge in [0.2, 0.25) is 0 Å². The van der Waals surface area contributed by atoms with E-state index in [4.69, 9.17) is 4.74 Å². The van der Waals surface area contributed by atoms with Gasteiger partial charge < -0.3 is 20.5 Å². The zero-order valence-corrected chi connectivity index (χ0v) is 15.8. The Morgan fingerprint density at radius 2 is 1.92 bits per heavy atom. The van der Waals surface area contributed by atoms with Crippen LogP contribution in [0.3, 0.4) is 0 Å². The predicted molar refractivity (Wildman–Crippen MR) is 101 cm³/mol. The van der Waals surface area contributed by atoms with Gasteiger partial charge in [-0.25, -0.2) is 4.99 Å². The van der Waals surface area contributed by atoms with Gasteiger partial charge in [-0.1, -0.05) is 26.0 Å². The van der Waals surface area contributed by atoms with Crippen LogP contribution in [0.5, 0.6) is 5.75 Å². The highest BCUT2D eigenvalue weighted by Gasteiger charge is 2.25. The monoisotopic (exact) mass is 335 g/mol. The third-order valence-corrected chi connectivity index (χ3v) is 4.66. The van der Waals surface area contributed by atoms with Gasteiger partial charge in [-0.2, -0.15) is 0 Å². The van der Waals surface area contributed by atoms with E-state index in [9.17, 15) is 5.11 Å². The smallest absolute Gasteiger partial charge is 0.191 e. The number of rotatable bonds is 9. The molecular weight excluding hydrogens is 302 g/mol. The fourth-order valence-corrected chi connectivity index (χ4v) is 2.54. The summed E-state index contributed by atoms with van der Waals surface area (Å²) < 4.78 is 5.44. The van der Waals surface area contributed by atoms with Gasteiger partial charge in [0.25, 0.3) is 0 Å². The number of nitrogens with zero attached hydrogens (tertiary/aromatic N) is 1. The van der Waals surface area contributed by atoms with Crippen LogP contribution in [0, 0.1) is 12.3 Å². The van der Waals surface area contributed by atoms with Crippen molar-refractivity contribution in [3.8, 4) is 5.75 Å². The molecule has 0 saturated carbocycles. The van der Waals surface area contributed by atoms with Crippen LogP contribution in [0.2, 0.25) is 0 Å². The van der Waals surface area contributed by atoms with Gasteiger partial charge in [-0.15, -0.1) is 0 Å². The number of aliphatic hydroxyl groups is 1. The zero-order valence-electron chi connectivity index (χ0n) is 15.8. The van der Waals surface area contributed by atoms with Crippen molar-refractivity contribution in [1.82, 2.24) is 10.6 Å². The van der Waals surface area contributed by atoms with Gasteiger partial charge in [0.1, 0.15) is 5.75 Å². The zero-order chi connectivity index (χ0) is 18.0. The van der Waals surface area contributed by atoms with Crippen molar-refractivity contribution in [2.24, 2.45) is 10.4 Å². The second-order valence-electron chi connectivity index (χ2n) is 6.23. The molecule has 1 aromatic rings. The molecule has 0 aliphatic carbocycles. The Labute approximate surface area is 146 Å². The minimum atomic E-state index is -0.0995. The second kappa shape index (κ2) is 10.2. The lowest BCUT2D eigenvalue weighted by Gasteiger charge is -2.30. The first kappa shape index (κ1) is 20.3. The minimum absolute atomic E-state index is 0.0995. The normalized spacial score (nSPS) is 12.2. The summed E-state index contributed by atoms with van der Waals surface area (Å²) in [5.41, 5.74) is 2.13. The van der Waals surface area contributed by atoms with Gasteiger partial charge in [-0.05, 0) is 38.3 Å². The van der Waals surface area contributed by atoms with Crippen LogP contribution in [-0.2, 0) is 6.54 Å². The number of nitrogens with one attached hydrogen (secondary N) is 2. The van der Waals surface area contributed by atoms with Crippen molar-refractivity contribution < 1.29 is 9.84 Å². The number of hydrogen-bond donors (Lipinski definition) is 3. The first-order valence-corrected chi connectivity index (χ1v) is 8.80. The highest BCUT2D eigenvalue weighted by Crippen LogP contribution is 2.24. The summed E-state index contributed by atoms with van der Waals surface area (Å²) >= 11 is 0. The van der Waals surface area contributed by atoms with E-state index in [1.165, 1.54) is 5.56 Å². The lowest BCUT2D eigenvalue weighted by molar-refractivity contribution is 0.118. The topological polar surface area (TPSA) is 65.9 Å². The number of guanidine groups is 1. The fraction of sp³-hybridized carbons (Fsp3) is 0.632. The van der Waals surface area contributed by atoms with Crippen LogP contribution < -0.4 is 15.4 Å².